The van der Waals surface area contributed by atoms with Gasteiger partial charge in [0, 0.05) is 10.7 Å². The second-order valence-corrected chi connectivity index (χ2v) is 8.38. The number of carbonyl (C=O) groups excluding carboxylic acids is 1. The molecule has 0 aliphatic heterocycles. The van der Waals surface area contributed by atoms with Crippen LogP contribution in [0.5, 0.6) is 0 Å². The summed E-state index contributed by atoms with van der Waals surface area (Å²) in [6.07, 6.45) is 4.40. The summed E-state index contributed by atoms with van der Waals surface area (Å²) in [5.74, 6) is 0.620. The SMILES string of the molecule is CC1(C)C2CCC1(C)C(OC(=O)C(Br)CCBr)C2. The molecule has 0 N–H and O–H groups in total. The molecule has 0 aromatic heterocycles. The summed E-state index contributed by atoms with van der Waals surface area (Å²) in [6, 6.07) is 0. The van der Waals surface area contributed by atoms with Crippen LogP contribution in [0.25, 0.3) is 0 Å². The van der Waals surface area contributed by atoms with Crippen LogP contribution in [0.1, 0.15) is 46.5 Å². The number of carbonyl (C=O) groups is 1. The molecule has 2 nitrogen and oxygen atoms in total. The van der Waals surface area contributed by atoms with Gasteiger partial charge in [0.15, 0.2) is 0 Å². The van der Waals surface area contributed by atoms with E-state index in [0.717, 1.165) is 18.2 Å². The van der Waals surface area contributed by atoms with Crippen molar-refractivity contribution in [2.45, 2.75) is 57.4 Å². The van der Waals surface area contributed by atoms with Crippen molar-refractivity contribution in [3.63, 3.8) is 0 Å². The van der Waals surface area contributed by atoms with Crippen molar-refractivity contribution in [3.05, 3.63) is 0 Å². The molecule has 0 aromatic rings. The highest BCUT2D eigenvalue weighted by Gasteiger charge is 2.62. The molecule has 2 bridgehead atoms. The van der Waals surface area contributed by atoms with Crippen LogP contribution in [0.15, 0.2) is 0 Å². The van der Waals surface area contributed by atoms with E-state index in [0.29, 0.717) is 11.3 Å². The molecule has 2 aliphatic carbocycles. The van der Waals surface area contributed by atoms with Crippen LogP contribution < -0.4 is 0 Å². The normalized spacial score (nSPS) is 38.7. The first kappa shape index (κ1) is 14.8. The highest BCUT2D eigenvalue weighted by molar-refractivity contribution is 9.10. The van der Waals surface area contributed by atoms with Gasteiger partial charge < -0.3 is 4.74 Å². The first-order valence-corrected chi connectivity index (χ1v) is 8.77. The van der Waals surface area contributed by atoms with Crippen LogP contribution in [-0.4, -0.2) is 22.2 Å². The zero-order valence-corrected chi connectivity index (χ0v) is 14.5. The van der Waals surface area contributed by atoms with Crippen molar-refractivity contribution in [2.75, 3.05) is 5.33 Å². The van der Waals surface area contributed by atoms with E-state index < -0.39 is 0 Å². The Morgan fingerprint density at radius 3 is 2.56 bits per heavy atom. The lowest BCUT2D eigenvalue weighted by molar-refractivity contribution is -0.156. The van der Waals surface area contributed by atoms with E-state index in [-0.39, 0.29) is 22.3 Å². The Balaban J connectivity index is 2.03. The van der Waals surface area contributed by atoms with Crippen molar-refractivity contribution in [2.24, 2.45) is 16.7 Å². The molecular weight excluding hydrogens is 360 g/mol. The second-order valence-electron chi connectivity index (χ2n) is 6.48. The average Bonchev–Trinajstić information content (AvgIpc) is 2.62. The Labute approximate surface area is 126 Å². The summed E-state index contributed by atoms with van der Waals surface area (Å²) in [6.45, 7) is 6.97. The van der Waals surface area contributed by atoms with Crippen LogP contribution in [0.3, 0.4) is 0 Å². The standard InChI is InChI=1S/C14H22Br2O2/c1-13(2)9-4-6-14(13,3)11(8-9)18-12(17)10(16)5-7-15/h9-11H,4-8H2,1-3H3. The average molecular weight is 382 g/mol. The lowest BCUT2D eigenvalue weighted by Gasteiger charge is -2.38. The smallest absolute Gasteiger partial charge is 0.320 e. The van der Waals surface area contributed by atoms with E-state index >= 15 is 0 Å². The quantitative estimate of drug-likeness (QED) is 0.536. The minimum atomic E-state index is -0.178. The van der Waals surface area contributed by atoms with Gasteiger partial charge in [-0.05, 0) is 37.0 Å². The third-order valence-electron chi connectivity index (χ3n) is 5.59. The maximum atomic E-state index is 12.0. The second kappa shape index (κ2) is 5.08. The highest BCUT2D eigenvalue weighted by Crippen LogP contribution is 2.66. The van der Waals surface area contributed by atoms with E-state index in [1.165, 1.54) is 12.8 Å². The molecule has 4 heteroatoms. The molecular formula is C14H22Br2O2. The molecule has 2 rings (SSSR count). The molecule has 18 heavy (non-hydrogen) atoms. The van der Waals surface area contributed by atoms with Crippen LogP contribution >= 0.6 is 31.9 Å². The Hall–Kier alpha value is 0.430. The molecule has 104 valence electrons. The number of esters is 1. The molecule has 2 fully saturated rings. The van der Waals surface area contributed by atoms with Crippen molar-refractivity contribution in [3.8, 4) is 0 Å². The van der Waals surface area contributed by atoms with Gasteiger partial charge in [0.1, 0.15) is 10.9 Å². The maximum Gasteiger partial charge on any atom is 0.320 e. The molecule has 0 heterocycles. The van der Waals surface area contributed by atoms with Crippen LogP contribution in [0.2, 0.25) is 0 Å². The van der Waals surface area contributed by atoms with Gasteiger partial charge in [0.05, 0.1) is 0 Å². The van der Waals surface area contributed by atoms with Gasteiger partial charge >= 0.3 is 5.97 Å². The molecule has 0 spiro atoms. The fourth-order valence-electron chi connectivity index (χ4n) is 3.74. The van der Waals surface area contributed by atoms with Crippen LogP contribution in [0, 0.1) is 16.7 Å². The third kappa shape index (κ3) is 2.17. The van der Waals surface area contributed by atoms with Gasteiger partial charge in [-0.25, -0.2) is 0 Å². The Morgan fingerprint density at radius 1 is 1.44 bits per heavy atom. The van der Waals surface area contributed by atoms with Crippen LogP contribution in [0.4, 0.5) is 0 Å². The van der Waals surface area contributed by atoms with E-state index in [1.54, 1.807) is 0 Å². The van der Waals surface area contributed by atoms with E-state index in [1.807, 2.05) is 0 Å². The summed E-state index contributed by atoms with van der Waals surface area (Å²) in [4.78, 5) is 11.9. The summed E-state index contributed by atoms with van der Waals surface area (Å²) < 4.78 is 5.79. The van der Waals surface area contributed by atoms with Gasteiger partial charge in [-0.1, -0.05) is 52.6 Å². The molecule has 0 saturated heterocycles. The summed E-state index contributed by atoms with van der Waals surface area (Å²) in [5.41, 5.74) is 0.462. The summed E-state index contributed by atoms with van der Waals surface area (Å²) in [7, 11) is 0. The monoisotopic (exact) mass is 380 g/mol. The number of alkyl halides is 2. The van der Waals surface area contributed by atoms with E-state index in [9.17, 15) is 4.79 Å². The number of rotatable bonds is 4. The minimum Gasteiger partial charge on any atom is -0.461 e. The van der Waals surface area contributed by atoms with Gasteiger partial charge in [-0.15, -0.1) is 0 Å². The summed E-state index contributed by atoms with van der Waals surface area (Å²) >= 11 is 6.76. The highest BCUT2D eigenvalue weighted by atomic mass is 79.9. The topological polar surface area (TPSA) is 26.3 Å². The number of fused-ring (bicyclic) bond motifs is 2. The molecule has 0 aromatic carbocycles. The Kier molecular flexibility index (Phi) is 4.19. The van der Waals surface area contributed by atoms with E-state index in [4.69, 9.17) is 4.74 Å². The fourth-order valence-corrected chi connectivity index (χ4v) is 5.15. The van der Waals surface area contributed by atoms with Gasteiger partial charge in [-0.2, -0.15) is 0 Å². The zero-order chi connectivity index (χ0) is 13.6. The van der Waals surface area contributed by atoms with Crippen molar-refractivity contribution < 1.29 is 9.53 Å². The van der Waals surface area contributed by atoms with Crippen molar-refractivity contribution in [1.82, 2.24) is 0 Å². The van der Waals surface area contributed by atoms with Gasteiger partial charge in [0.25, 0.3) is 0 Å². The molecule has 2 saturated carbocycles. The van der Waals surface area contributed by atoms with Crippen molar-refractivity contribution >= 4 is 37.8 Å². The lowest BCUT2D eigenvalue weighted by atomic mass is 9.70. The zero-order valence-electron chi connectivity index (χ0n) is 11.3. The minimum absolute atomic E-state index is 0.0935. The third-order valence-corrected chi connectivity index (χ3v) is 6.88. The van der Waals surface area contributed by atoms with Crippen LogP contribution in [-0.2, 0) is 9.53 Å². The molecule has 2 aliphatic rings. The Morgan fingerprint density at radius 2 is 2.11 bits per heavy atom. The van der Waals surface area contributed by atoms with Gasteiger partial charge in [-0.3, -0.25) is 4.79 Å². The molecule has 4 unspecified atom stereocenters. The predicted molar refractivity (Wildman–Crippen MR) is 80.2 cm³/mol. The largest absolute Gasteiger partial charge is 0.461 e. The summed E-state index contributed by atoms with van der Waals surface area (Å²) in [5, 5.41) is 0.814. The molecule has 0 amide bonds. The molecule has 0 radical (unpaired) electrons. The number of halogens is 2. The number of ether oxygens (including phenoxy) is 1. The van der Waals surface area contributed by atoms with E-state index in [2.05, 4.69) is 52.6 Å². The molecule has 4 atom stereocenters. The fraction of sp³-hybridized carbons (Fsp3) is 0.929. The van der Waals surface area contributed by atoms with Crippen molar-refractivity contribution in [1.29, 1.82) is 0 Å². The number of hydrogen-bond donors (Lipinski definition) is 0. The van der Waals surface area contributed by atoms with Gasteiger partial charge in [0.2, 0.25) is 0 Å². The Bertz CT molecular complexity index is 343. The maximum absolute atomic E-state index is 12.0. The first-order valence-electron chi connectivity index (χ1n) is 6.73. The predicted octanol–water partition coefficient (Wildman–Crippen LogP) is 4.29. The first-order chi connectivity index (χ1) is 8.33. The number of hydrogen-bond acceptors (Lipinski definition) is 2. The lowest BCUT2D eigenvalue weighted by Crippen LogP contribution is -2.39.